The molecule has 1 N–H and O–H groups in total. The molecule has 0 radical (unpaired) electrons. The molecule has 2 aromatic rings. The van der Waals surface area contributed by atoms with Crippen molar-refractivity contribution in [3.05, 3.63) is 47.4 Å². The van der Waals surface area contributed by atoms with Gasteiger partial charge in [-0.05, 0) is 75.7 Å². The van der Waals surface area contributed by atoms with Crippen molar-refractivity contribution in [3.63, 3.8) is 0 Å². The van der Waals surface area contributed by atoms with Crippen LogP contribution in [0.1, 0.15) is 68.4 Å². The topological polar surface area (TPSA) is 98.5 Å². The van der Waals surface area contributed by atoms with Gasteiger partial charge in [-0.2, -0.15) is 0 Å². The Bertz CT molecular complexity index is 1170. The van der Waals surface area contributed by atoms with Gasteiger partial charge >= 0.3 is 5.97 Å². The molecule has 5 rings (SSSR count). The Kier molecular flexibility index (Phi) is 5.88. The molecule has 3 aliphatic rings. The maximum absolute atomic E-state index is 12.6. The zero-order valence-electron chi connectivity index (χ0n) is 20.0. The van der Waals surface area contributed by atoms with Crippen molar-refractivity contribution >= 4 is 15.8 Å². The molecule has 1 aromatic heterocycles. The molecular weight excluding hydrogens is 452 g/mol. The zero-order chi connectivity index (χ0) is 24.1. The third-order valence-electron chi connectivity index (χ3n) is 8.01. The van der Waals surface area contributed by atoms with Gasteiger partial charge < -0.3 is 14.4 Å². The second kappa shape index (κ2) is 8.48. The van der Waals surface area contributed by atoms with E-state index in [-0.39, 0.29) is 5.03 Å². The van der Waals surface area contributed by atoms with E-state index in [1.165, 1.54) is 6.26 Å². The van der Waals surface area contributed by atoms with Crippen LogP contribution in [0.15, 0.2) is 35.4 Å². The number of aromatic nitrogens is 2. The van der Waals surface area contributed by atoms with Gasteiger partial charge in [-0.1, -0.05) is 30.3 Å². The lowest BCUT2D eigenvalue weighted by atomic mass is 9.65. The minimum atomic E-state index is -3.50. The highest BCUT2D eigenvalue weighted by Gasteiger charge is 2.52. The average molecular weight is 487 g/mol. The Morgan fingerprint density at radius 3 is 2.24 bits per heavy atom. The Morgan fingerprint density at radius 1 is 1.09 bits per heavy atom. The number of hydrogen-bond donors (Lipinski definition) is 1. The summed E-state index contributed by atoms with van der Waals surface area (Å²) in [6.07, 6.45) is 7.58. The first-order valence-electron chi connectivity index (χ1n) is 12.4. The first-order chi connectivity index (χ1) is 16.1. The standard InChI is InChI=1S/C26H34N2O5S/c1-18-22(34(2,31)32)27-23(28(18)16-19-8-9-19)26(33-17-20-10-11-20)14-12-25(13-15-26,24(29)30)21-6-4-3-5-7-21/h3-7,19-20H,8-17H2,1-2H3,(H,29,30)/t25-,26+. The van der Waals surface area contributed by atoms with E-state index in [2.05, 4.69) is 4.57 Å². The summed E-state index contributed by atoms with van der Waals surface area (Å²) in [5, 5.41) is 10.4. The van der Waals surface area contributed by atoms with E-state index in [9.17, 15) is 18.3 Å². The summed E-state index contributed by atoms with van der Waals surface area (Å²) in [6, 6.07) is 9.46. The lowest BCUT2D eigenvalue weighted by Gasteiger charge is -2.44. The minimum Gasteiger partial charge on any atom is -0.481 e. The smallest absolute Gasteiger partial charge is 0.314 e. The van der Waals surface area contributed by atoms with Gasteiger partial charge in [0.1, 0.15) is 11.4 Å². The lowest BCUT2D eigenvalue weighted by Crippen LogP contribution is -2.47. The molecule has 3 aliphatic carbocycles. The van der Waals surface area contributed by atoms with Gasteiger partial charge in [-0.3, -0.25) is 4.79 Å². The number of imidazole rings is 1. The molecule has 7 nitrogen and oxygen atoms in total. The van der Waals surface area contributed by atoms with Crippen LogP contribution in [0.25, 0.3) is 0 Å². The van der Waals surface area contributed by atoms with E-state index in [1.54, 1.807) is 0 Å². The number of ether oxygens (including phenoxy) is 1. The number of carbonyl (C=O) groups is 1. The highest BCUT2D eigenvalue weighted by molar-refractivity contribution is 7.90. The van der Waals surface area contributed by atoms with Crippen LogP contribution in [-0.4, -0.2) is 41.9 Å². The van der Waals surface area contributed by atoms with E-state index in [1.807, 2.05) is 37.3 Å². The zero-order valence-corrected chi connectivity index (χ0v) is 20.8. The van der Waals surface area contributed by atoms with Crippen LogP contribution < -0.4 is 0 Å². The highest BCUT2D eigenvalue weighted by Crippen LogP contribution is 2.50. The molecule has 1 heterocycles. The predicted octanol–water partition coefficient (Wildman–Crippen LogP) is 4.22. The normalized spacial score (nSPS) is 27.6. The molecule has 0 unspecified atom stereocenters. The van der Waals surface area contributed by atoms with Crippen molar-refractivity contribution in [2.24, 2.45) is 11.8 Å². The summed E-state index contributed by atoms with van der Waals surface area (Å²) in [7, 11) is -3.50. The van der Waals surface area contributed by atoms with E-state index in [0.717, 1.165) is 37.8 Å². The number of carboxylic acid groups (broad SMARTS) is 1. The molecule has 1 aromatic carbocycles. The molecule has 0 atom stereocenters. The average Bonchev–Trinajstić information content (AvgIpc) is 3.73. The molecule has 0 saturated heterocycles. The monoisotopic (exact) mass is 486 g/mol. The summed E-state index contributed by atoms with van der Waals surface area (Å²) in [5.74, 6) is 0.916. The van der Waals surface area contributed by atoms with Gasteiger partial charge in [0.2, 0.25) is 0 Å². The molecule has 0 aliphatic heterocycles. The Labute approximate surface area is 201 Å². The van der Waals surface area contributed by atoms with Gasteiger partial charge in [-0.25, -0.2) is 13.4 Å². The van der Waals surface area contributed by atoms with Crippen molar-refractivity contribution in [1.82, 2.24) is 9.55 Å². The molecule has 3 saturated carbocycles. The van der Waals surface area contributed by atoms with Gasteiger partial charge in [0, 0.05) is 12.8 Å². The molecular formula is C26H34N2O5S. The van der Waals surface area contributed by atoms with Crippen LogP contribution in [0.4, 0.5) is 0 Å². The number of hydrogen-bond acceptors (Lipinski definition) is 5. The predicted molar refractivity (Wildman–Crippen MR) is 127 cm³/mol. The highest BCUT2D eigenvalue weighted by atomic mass is 32.2. The summed E-state index contributed by atoms with van der Waals surface area (Å²) in [5.41, 5.74) is -0.278. The van der Waals surface area contributed by atoms with E-state index < -0.39 is 26.8 Å². The SMILES string of the molecule is Cc1c(S(C)(=O)=O)nc([C@]2(OCC3CC3)CC[C@](C(=O)O)(c3ccccc3)CC2)n1CC1CC1. The Morgan fingerprint density at radius 2 is 1.71 bits per heavy atom. The number of rotatable bonds is 9. The first kappa shape index (κ1) is 23.5. The molecule has 8 heteroatoms. The van der Waals surface area contributed by atoms with Gasteiger partial charge in [0.15, 0.2) is 14.9 Å². The van der Waals surface area contributed by atoms with E-state index in [0.29, 0.717) is 55.6 Å². The Balaban J connectivity index is 1.56. The Hall–Kier alpha value is -2.19. The summed E-state index contributed by atoms with van der Waals surface area (Å²) >= 11 is 0. The largest absolute Gasteiger partial charge is 0.481 e. The maximum atomic E-state index is 12.6. The molecule has 34 heavy (non-hydrogen) atoms. The maximum Gasteiger partial charge on any atom is 0.314 e. The van der Waals surface area contributed by atoms with Crippen LogP contribution in [0.2, 0.25) is 0 Å². The van der Waals surface area contributed by atoms with Crippen molar-refractivity contribution in [1.29, 1.82) is 0 Å². The molecule has 0 bridgehead atoms. The molecule has 0 amide bonds. The van der Waals surface area contributed by atoms with Crippen LogP contribution in [0.5, 0.6) is 0 Å². The van der Waals surface area contributed by atoms with Gasteiger partial charge in [-0.15, -0.1) is 0 Å². The quantitative estimate of drug-likeness (QED) is 0.570. The minimum absolute atomic E-state index is 0.121. The van der Waals surface area contributed by atoms with Crippen LogP contribution in [0, 0.1) is 18.8 Å². The third kappa shape index (κ3) is 4.31. The third-order valence-corrected chi connectivity index (χ3v) is 9.10. The molecule has 0 spiro atoms. The fraction of sp³-hybridized carbons (Fsp3) is 0.615. The second-order valence-corrected chi connectivity index (χ2v) is 12.6. The molecule has 3 fully saturated rings. The van der Waals surface area contributed by atoms with Crippen molar-refractivity contribution < 1.29 is 23.1 Å². The lowest BCUT2D eigenvalue weighted by molar-refractivity contribution is -0.151. The number of aliphatic carboxylic acids is 1. The number of benzene rings is 1. The van der Waals surface area contributed by atoms with Gasteiger partial charge in [0.25, 0.3) is 0 Å². The van der Waals surface area contributed by atoms with Crippen LogP contribution in [0.3, 0.4) is 0 Å². The number of sulfone groups is 1. The van der Waals surface area contributed by atoms with Crippen LogP contribution in [-0.2, 0) is 36.9 Å². The fourth-order valence-electron chi connectivity index (χ4n) is 5.45. The number of nitrogens with zero attached hydrogens (tertiary/aromatic N) is 2. The number of carboxylic acids is 1. The summed E-state index contributed by atoms with van der Waals surface area (Å²) in [6.45, 7) is 3.17. The van der Waals surface area contributed by atoms with Crippen molar-refractivity contribution in [2.45, 2.75) is 80.9 Å². The second-order valence-electron chi connectivity index (χ2n) is 10.7. The van der Waals surface area contributed by atoms with Gasteiger partial charge in [0.05, 0.1) is 17.7 Å². The van der Waals surface area contributed by atoms with E-state index in [4.69, 9.17) is 9.72 Å². The summed E-state index contributed by atoms with van der Waals surface area (Å²) in [4.78, 5) is 17.3. The van der Waals surface area contributed by atoms with Crippen LogP contribution >= 0.6 is 0 Å². The fourth-order valence-corrected chi connectivity index (χ4v) is 6.35. The van der Waals surface area contributed by atoms with Crippen molar-refractivity contribution in [2.75, 3.05) is 12.9 Å². The van der Waals surface area contributed by atoms with E-state index >= 15 is 0 Å². The summed E-state index contributed by atoms with van der Waals surface area (Å²) < 4.78 is 33.8. The molecule has 184 valence electrons. The first-order valence-corrected chi connectivity index (χ1v) is 14.2. The van der Waals surface area contributed by atoms with Crippen molar-refractivity contribution in [3.8, 4) is 0 Å².